The van der Waals surface area contributed by atoms with Gasteiger partial charge < -0.3 is 15.1 Å². The van der Waals surface area contributed by atoms with E-state index in [0.29, 0.717) is 0 Å². The molecule has 0 heterocycles. The monoisotopic (exact) mass is 231 g/mol. The van der Waals surface area contributed by atoms with Crippen molar-refractivity contribution in [2.24, 2.45) is 5.41 Å². The zero-order valence-electron chi connectivity index (χ0n) is 9.69. The van der Waals surface area contributed by atoms with Gasteiger partial charge in [0.15, 0.2) is 0 Å². The Hall–Kier alpha value is -1.59. The van der Waals surface area contributed by atoms with Crippen molar-refractivity contribution in [1.29, 1.82) is 0 Å². The van der Waals surface area contributed by atoms with Gasteiger partial charge in [-0.05, 0) is 5.41 Å². The molecule has 6 nitrogen and oxygen atoms in total. The second-order valence-corrected chi connectivity index (χ2v) is 4.77. The number of carbonyl (C=O) groups excluding carboxylic acids is 1. The van der Waals surface area contributed by atoms with Crippen LogP contribution >= 0.6 is 0 Å². The van der Waals surface area contributed by atoms with Gasteiger partial charge in [0.1, 0.15) is 13.1 Å². The van der Waals surface area contributed by atoms with Crippen molar-refractivity contribution in [2.75, 3.05) is 13.1 Å². The SMILES string of the molecule is CC(C)(C)CC(=O)N(CC(=O)O)CC(=O)O. The molecule has 0 saturated heterocycles. The standard InChI is InChI=1S/C10H17NO5/c1-10(2,3)4-7(12)11(5-8(13)14)6-9(15)16/h4-6H2,1-3H3,(H,13,14)(H,15,16). The molecule has 0 aromatic heterocycles. The molecule has 0 aliphatic carbocycles. The van der Waals surface area contributed by atoms with Crippen molar-refractivity contribution in [1.82, 2.24) is 4.90 Å². The van der Waals surface area contributed by atoms with Crippen molar-refractivity contribution < 1.29 is 24.6 Å². The molecule has 0 spiro atoms. The fraction of sp³-hybridized carbons (Fsp3) is 0.700. The minimum absolute atomic E-state index is 0.119. The third-order valence-electron chi connectivity index (χ3n) is 1.69. The summed E-state index contributed by atoms with van der Waals surface area (Å²) < 4.78 is 0. The number of amides is 1. The summed E-state index contributed by atoms with van der Waals surface area (Å²) in [5, 5.41) is 17.1. The first-order valence-electron chi connectivity index (χ1n) is 4.83. The van der Waals surface area contributed by atoms with Crippen molar-refractivity contribution in [3.05, 3.63) is 0 Å². The Balaban J connectivity index is 4.56. The smallest absolute Gasteiger partial charge is 0.323 e. The summed E-state index contributed by atoms with van der Waals surface area (Å²) in [5.41, 5.74) is -0.299. The first-order valence-corrected chi connectivity index (χ1v) is 4.83. The Kier molecular flexibility index (Phi) is 4.94. The van der Waals surface area contributed by atoms with Crippen molar-refractivity contribution in [2.45, 2.75) is 27.2 Å². The summed E-state index contributed by atoms with van der Waals surface area (Å²) in [5.74, 6) is -2.90. The Morgan fingerprint density at radius 2 is 1.38 bits per heavy atom. The van der Waals surface area contributed by atoms with E-state index in [4.69, 9.17) is 10.2 Å². The average Bonchev–Trinajstić information content (AvgIpc) is 1.97. The summed E-state index contributed by atoms with van der Waals surface area (Å²) in [6.45, 7) is 4.31. The van der Waals surface area contributed by atoms with Crippen molar-refractivity contribution in [3.8, 4) is 0 Å². The quantitative estimate of drug-likeness (QED) is 0.715. The highest BCUT2D eigenvalue weighted by molar-refractivity contribution is 5.85. The molecular weight excluding hydrogens is 214 g/mol. The Morgan fingerprint density at radius 1 is 1.00 bits per heavy atom. The highest BCUT2D eigenvalue weighted by Crippen LogP contribution is 2.19. The molecule has 0 fully saturated rings. The molecule has 1 amide bonds. The number of hydrogen-bond acceptors (Lipinski definition) is 3. The van der Waals surface area contributed by atoms with E-state index in [1.165, 1.54) is 0 Å². The first-order chi connectivity index (χ1) is 7.11. The molecule has 0 aromatic carbocycles. The van der Waals surface area contributed by atoms with Crippen LogP contribution in [-0.2, 0) is 14.4 Å². The molecule has 0 unspecified atom stereocenters. The van der Waals surface area contributed by atoms with E-state index in [9.17, 15) is 14.4 Å². The molecule has 0 aliphatic rings. The van der Waals surface area contributed by atoms with Crippen LogP contribution in [0.15, 0.2) is 0 Å². The number of carboxylic acid groups (broad SMARTS) is 2. The number of carbonyl (C=O) groups is 3. The van der Waals surface area contributed by atoms with Crippen LogP contribution in [0.4, 0.5) is 0 Å². The van der Waals surface area contributed by atoms with Crippen molar-refractivity contribution in [3.63, 3.8) is 0 Å². The lowest BCUT2D eigenvalue weighted by Gasteiger charge is -2.24. The zero-order chi connectivity index (χ0) is 12.9. The van der Waals surface area contributed by atoms with Crippen molar-refractivity contribution >= 4 is 17.8 Å². The lowest BCUT2D eigenvalue weighted by molar-refractivity contribution is -0.150. The molecule has 0 atom stereocenters. The molecule has 0 aliphatic heterocycles. The second kappa shape index (κ2) is 5.48. The predicted octanol–water partition coefficient (Wildman–Crippen LogP) is 0.420. The maximum absolute atomic E-state index is 11.6. The van der Waals surface area contributed by atoms with E-state index in [-0.39, 0.29) is 11.8 Å². The van der Waals surface area contributed by atoms with Gasteiger partial charge in [0.05, 0.1) is 0 Å². The predicted molar refractivity (Wildman–Crippen MR) is 55.9 cm³/mol. The highest BCUT2D eigenvalue weighted by Gasteiger charge is 2.24. The molecule has 2 N–H and O–H groups in total. The van der Waals surface area contributed by atoms with E-state index >= 15 is 0 Å². The van der Waals surface area contributed by atoms with Gasteiger partial charge in [0, 0.05) is 6.42 Å². The van der Waals surface area contributed by atoms with Gasteiger partial charge in [-0.3, -0.25) is 14.4 Å². The van der Waals surface area contributed by atoms with Crippen LogP contribution in [0, 0.1) is 5.41 Å². The topological polar surface area (TPSA) is 94.9 Å². The molecule has 0 radical (unpaired) electrons. The number of aliphatic carboxylic acids is 2. The normalized spacial score (nSPS) is 10.9. The van der Waals surface area contributed by atoms with E-state index in [1.807, 2.05) is 20.8 Å². The molecule has 16 heavy (non-hydrogen) atoms. The van der Waals surface area contributed by atoms with Gasteiger partial charge in [-0.25, -0.2) is 0 Å². The van der Waals surface area contributed by atoms with Crippen LogP contribution < -0.4 is 0 Å². The molecule has 92 valence electrons. The van der Waals surface area contributed by atoms with Gasteiger partial charge in [-0.2, -0.15) is 0 Å². The molecule has 0 bridgehead atoms. The summed E-state index contributed by atoms with van der Waals surface area (Å²) in [7, 11) is 0. The number of rotatable bonds is 5. The fourth-order valence-corrected chi connectivity index (χ4v) is 1.12. The highest BCUT2D eigenvalue weighted by atomic mass is 16.4. The third-order valence-corrected chi connectivity index (χ3v) is 1.69. The van der Waals surface area contributed by atoms with Gasteiger partial charge in [-0.15, -0.1) is 0 Å². The van der Waals surface area contributed by atoms with Gasteiger partial charge >= 0.3 is 11.9 Å². The van der Waals surface area contributed by atoms with Crippen LogP contribution in [0.1, 0.15) is 27.2 Å². The van der Waals surface area contributed by atoms with Gasteiger partial charge in [0.2, 0.25) is 5.91 Å². The summed E-state index contributed by atoms with van der Waals surface area (Å²) in [6, 6.07) is 0. The third kappa shape index (κ3) is 6.80. The first kappa shape index (κ1) is 14.4. The van der Waals surface area contributed by atoms with Crippen LogP contribution in [0.2, 0.25) is 0 Å². The number of carboxylic acids is 2. The molecule has 0 aromatic rings. The number of nitrogens with zero attached hydrogens (tertiary/aromatic N) is 1. The molecule has 6 heteroatoms. The van der Waals surface area contributed by atoms with Crippen LogP contribution in [-0.4, -0.2) is 46.0 Å². The van der Waals surface area contributed by atoms with Crippen LogP contribution in [0.25, 0.3) is 0 Å². The molecular formula is C10H17NO5. The maximum Gasteiger partial charge on any atom is 0.323 e. The lowest BCUT2D eigenvalue weighted by Crippen LogP contribution is -2.40. The summed E-state index contributed by atoms with van der Waals surface area (Å²) >= 11 is 0. The van der Waals surface area contributed by atoms with Gasteiger partial charge in [-0.1, -0.05) is 20.8 Å². The number of hydrogen-bond donors (Lipinski definition) is 2. The van der Waals surface area contributed by atoms with Crippen LogP contribution in [0.3, 0.4) is 0 Å². The van der Waals surface area contributed by atoms with E-state index in [0.717, 1.165) is 4.90 Å². The summed E-state index contributed by atoms with van der Waals surface area (Å²) in [6.07, 6.45) is 0.119. The second-order valence-electron chi connectivity index (χ2n) is 4.77. The minimum Gasteiger partial charge on any atom is -0.480 e. The Morgan fingerprint density at radius 3 is 1.62 bits per heavy atom. The molecule has 0 saturated carbocycles. The van der Waals surface area contributed by atoms with Gasteiger partial charge in [0.25, 0.3) is 0 Å². The lowest BCUT2D eigenvalue weighted by atomic mass is 9.91. The Bertz CT molecular complexity index is 276. The molecule has 0 rings (SSSR count). The largest absolute Gasteiger partial charge is 0.480 e. The fourth-order valence-electron chi connectivity index (χ4n) is 1.12. The van der Waals surface area contributed by atoms with E-state index in [2.05, 4.69) is 0 Å². The van der Waals surface area contributed by atoms with Crippen LogP contribution in [0.5, 0.6) is 0 Å². The average molecular weight is 231 g/mol. The zero-order valence-corrected chi connectivity index (χ0v) is 9.69. The summed E-state index contributed by atoms with van der Waals surface area (Å²) in [4.78, 5) is 33.4. The Labute approximate surface area is 93.9 Å². The minimum atomic E-state index is -1.22. The maximum atomic E-state index is 11.6. The van der Waals surface area contributed by atoms with E-state index < -0.39 is 30.9 Å². The van der Waals surface area contributed by atoms with E-state index in [1.54, 1.807) is 0 Å².